The maximum absolute atomic E-state index is 13.3. The molecule has 7 heteroatoms. The highest BCUT2D eigenvalue weighted by Gasteiger charge is 2.12. The molecule has 0 radical (unpaired) electrons. The van der Waals surface area contributed by atoms with Crippen LogP contribution in [0.4, 0.5) is 19.6 Å². The number of halogens is 2. The number of benzene rings is 1. The Labute approximate surface area is 88.3 Å². The summed E-state index contributed by atoms with van der Waals surface area (Å²) in [6.07, 6.45) is 0. The van der Waals surface area contributed by atoms with Crippen molar-refractivity contribution in [2.75, 3.05) is 11.9 Å². The second-order valence-corrected chi connectivity index (χ2v) is 3.51. The van der Waals surface area contributed by atoms with Crippen molar-refractivity contribution in [2.45, 2.75) is 0 Å². The summed E-state index contributed by atoms with van der Waals surface area (Å²) in [7, 11) is 1.61. The van der Waals surface area contributed by atoms with E-state index in [4.69, 9.17) is 0 Å². The Hall–Kier alpha value is -1.63. The number of nitrogens with zero attached hydrogens (tertiary/aromatic N) is 4. The Balaban J connectivity index is 2.38. The van der Waals surface area contributed by atoms with Gasteiger partial charge in [0, 0.05) is 24.6 Å². The largest absolute Gasteiger partial charge is 0.316 e. The molecule has 0 aliphatic rings. The van der Waals surface area contributed by atoms with Crippen LogP contribution in [0.15, 0.2) is 18.2 Å². The van der Waals surface area contributed by atoms with Crippen molar-refractivity contribution in [3.8, 4) is 0 Å². The Morgan fingerprint density at radius 1 is 1.33 bits per heavy atom. The van der Waals surface area contributed by atoms with E-state index >= 15 is 0 Å². The first kappa shape index (κ1) is 9.91. The molecule has 0 amide bonds. The summed E-state index contributed by atoms with van der Waals surface area (Å²) in [5, 5.41) is 7.52. The van der Waals surface area contributed by atoms with Crippen LogP contribution in [0.5, 0.6) is 0 Å². The van der Waals surface area contributed by atoms with Gasteiger partial charge in [0.1, 0.15) is 11.6 Å². The predicted molar refractivity (Wildman–Crippen MR) is 52.1 cm³/mol. The zero-order valence-electron chi connectivity index (χ0n) is 7.69. The molecule has 78 valence electrons. The van der Waals surface area contributed by atoms with Crippen LogP contribution in [0.2, 0.25) is 0 Å². The van der Waals surface area contributed by atoms with Crippen molar-refractivity contribution < 1.29 is 8.78 Å². The van der Waals surface area contributed by atoms with Gasteiger partial charge in [-0.3, -0.25) is 0 Å². The SMILES string of the molecule is CN(c1nnns1)c1ccc(F)cc1F. The summed E-state index contributed by atoms with van der Waals surface area (Å²) < 4.78 is 29.6. The third-order valence-corrected chi connectivity index (χ3v) is 2.52. The van der Waals surface area contributed by atoms with E-state index in [0.29, 0.717) is 5.13 Å². The lowest BCUT2D eigenvalue weighted by Gasteiger charge is -2.14. The van der Waals surface area contributed by atoms with E-state index in [0.717, 1.165) is 17.6 Å². The van der Waals surface area contributed by atoms with E-state index in [2.05, 4.69) is 14.8 Å². The topological polar surface area (TPSA) is 41.9 Å². The van der Waals surface area contributed by atoms with E-state index in [1.54, 1.807) is 7.05 Å². The molecule has 0 spiro atoms. The van der Waals surface area contributed by atoms with Crippen molar-refractivity contribution in [2.24, 2.45) is 0 Å². The molecule has 0 N–H and O–H groups in total. The average Bonchev–Trinajstić information content (AvgIpc) is 2.69. The van der Waals surface area contributed by atoms with Crippen molar-refractivity contribution in [1.29, 1.82) is 0 Å². The summed E-state index contributed by atoms with van der Waals surface area (Å²) in [5.74, 6) is -1.26. The summed E-state index contributed by atoms with van der Waals surface area (Å²) >= 11 is 1.03. The second-order valence-electron chi connectivity index (χ2n) is 2.80. The van der Waals surface area contributed by atoms with Gasteiger partial charge in [0.25, 0.3) is 0 Å². The van der Waals surface area contributed by atoms with Crippen molar-refractivity contribution in [3.05, 3.63) is 29.8 Å². The van der Waals surface area contributed by atoms with Crippen LogP contribution in [0.1, 0.15) is 0 Å². The molecule has 0 saturated heterocycles. The van der Waals surface area contributed by atoms with Gasteiger partial charge < -0.3 is 4.90 Å². The Kier molecular flexibility index (Phi) is 2.55. The lowest BCUT2D eigenvalue weighted by atomic mass is 10.3. The number of anilines is 2. The third-order valence-electron chi connectivity index (χ3n) is 1.85. The third kappa shape index (κ3) is 1.91. The molecule has 1 aromatic heterocycles. The minimum absolute atomic E-state index is 0.231. The highest BCUT2D eigenvalue weighted by atomic mass is 32.1. The molecule has 0 aliphatic heterocycles. The molecule has 0 atom stereocenters. The first-order chi connectivity index (χ1) is 7.18. The van der Waals surface area contributed by atoms with Crippen LogP contribution >= 0.6 is 11.5 Å². The molecule has 0 aliphatic carbocycles. The summed E-state index contributed by atoms with van der Waals surface area (Å²) in [6, 6.07) is 3.34. The molecule has 4 nitrogen and oxygen atoms in total. The Bertz CT molecular complexity index is 460. The lowest BCUT2D eigenvalue weighted by Crippen LogP contribution is -2.11. The molecule has 0 saturated carbocycles. The van der Waals surface area contributed by atoms with E-state index in [9.17, 15) is 8.78 Å². The fraction of sp³-hybridized carbons (Fsp3) is 0.125. The molecular formula is C8H6F2N4S. The van der Waals surface area contributed by atoms with Gasteiger partial charge in [0.15, 0.2) is 0 Å². The van der Waals surface area contributed by atoms with Crippen molar-refractivity contribution in [1.82, 2.24) is 14.8 Å². The zero-order chi connectivity index (χ0) is 10.8. The van der Waals surface area contributed by atoms with Crippen molar-refractivity contribution >= 4 is 22.4 Å². The maximum atomic E-state index is 13.3. The smallest absolute Gasteiger partial charge is 0.232 e. The van der Waals surface area contributed by atoms with Gasteiger partial charge in [-0.25, -0.2) is 8.78 Å². The van der Waals surface area contributed by atoms with Gasteiger partial charge >= 0.3 is 0 Å². The van der Waals surface area contributed by atoms with Gasteiger partial charge in [0.2, 0.25) is 5.13 Å². The maximum Gasteiger partial charge on any atom is 0.232 e. The monoisotopic (exact) mass is 228 g/mol. The van der Waals surface area contributed by atoms with E-state index in [1.807, 2.05) is 0 Å². The first-order valence-electron chi connectivity index (χ1n) is 4.02. The molecular weight excluding hydrogens is 222 g/mol. The van der Waals surface area contributed by atoms with Crippen LogP contribution in [-0.2, 0) is 0 Å². The first-order valence-corrected chi connectivity index (χ1v) is 4.79. The number of hydrogen-bond acceptors (Lipinski definition) is 5. The van der Waals surface area contributed by atoms with Crippen LogP contribution in [0.25, 0.3) is 0 Å². The minimum atomic E-state index is -0.646. The normalized spacial score (nSPS) is 10.3. The zero-order valence-corrected chi connectivity index (χ0v) is 8.50. The molecule has 1 aromatic carbocycles. The quantitative estimate of drug-likeness (QED) is 0.788. The fourth-order valence-corrected chi connectivity index (χ4v) is 1.55. The molecule has 0 fully saturated rings. The van der Waals surface area contributed by atoms with Gasteiger partial charge in [-0.05, 0) is 17.3 Å². The summed E-state index contributed by atoms with van der Waals surface area (Å²) in [6.45, 7) is 0. The highest BCUT2D eigenvalue weighted by Crippen LogP contribution is 2.26. The van der Waals surface area contributed by atoms with E-state index < -0.39 is 11.6 Å². The fourth-order valence-electron chi connectivity index (χ4n) is 1.11. The lowest BCUT2D eigenvalue weighted by molar-refractivity contribution is 0.583. The van der Waals surface area contributed by atoms with E-state index in [1.165, 1.54) is 17.0 Å². The summed E-state index contributed by atoms with van der Waals surface area (Å²) in [4.78, 5) is 1.46. The standard InChI is InChI=1S/C8H6F2N4S/c1-14(8-11-12-13-15-8)7-3-2-5(9)4-6(7)10/h2-4H,1H3. The number of rotatable bonds is 2. The second kappa shape index (κ2) is 3.85. The summed E-state index contributed by atoms with van der Waals surface area (Å²) in [5.41, 5.74) is 0.231. The number of aromatic nitrogens is 3. The number of hydrogen-bond donors (Lipinski definition) is 0. The van der Waals surface area contributed by atoms with Crippen LogP contribution < -0.4 is 4.90 Å². The van der Waals surface area contributed by atoms with Gasteiger partial charge in [-0.15, -0.1) is 0 Å². The van der Waals surface area contributed by atoms with Crippen LogP contribution in [0, 0.1) is 11.6 Å². The molecule has 0 bridgehead atoms. The minimum Gasteiger partial charge on any atom is -0.316 e. The Morgan fingerprint density at radius 3 is 2.73 bits per heavy atom. The Morgan fingerprint density at radius 2 is 2.13 bits per heavy atom. The molecule has 0 unspecified atom stereocenters. The molecule has 2 rings (SSSR count). The average molecular weight is 228 g/mol. The predicted octanol–water partition coefficient (Wildman–Crippen LogP) is 1.98. The van der Waals surface area contributed by atoms with Gasteiger partial charge in [0.05, 0.1) is 5.69 Å². The molecule has 15 heavy (non-hydrogen) atoms. The molecule has 1 heterocycles. The van der Waals surface area contributed by atoms with Gasteiger partial charge in [-0.1, -0.05) is 9.59 Å². The highest BCUT2D eigenvalue weighted by molar-refractivity contribution is 7.09. The van der Waals surface area contributed by atoms with Crippen molar-refractivity contribution in [3.63, 3.8) is 0 Å². The van der Waals surface area contributed by atoms with Crippen LogP contribution in [-0.4, -0.2) is 21.8 Å². The van der Waals surface area contributed by atoms with Crippen LogP contribution in [0.3, 0.4) is 0 Å². The van der Waals surface area contributed by atoms with E-state index in [-0.39, 0.29) is 5.69 Å². The van der Waals surface area contributed by atoms with Gasteiger partial charge in [-0.2, -0.15) is 0 Å². The molecule has 2 aromatic rings.